The lowest BCUT2D eigenvalue weighted by molar-refractivity contribution is -0.147. The average Bonchev–Trinajstić information content (AvgIpc) is 2.71. The largest absolute Gasteiger partial charge is 0.481 e. The van der Waals surface area contributed by atoms with Crippen LogP contribution in [0.5, 0.6) is 0 Å². The van der Waals surface area contributed by atoms with Gasteiger partial charge in [0.2, 0.25) is 0 Å². The van der Waals surface area contributed by atoms with Gasteiger partial charge in [-0.15, -0.1) is 0 Å². The number of amides is 2. The van der Waals surface area contributed by atoms with Crippen molar-refractivity contribution >= 4 is 24.1 Å². The highest BCUT2D eigenvalue weighted by Gasteiger charge is 2.32. The van der Waals surface area contributed by atoms with Crippen molar-refractivity contribution in [1.82, 2.24) is 9.80 Å². The van der Waals surface area contributed by atoms with E-state index >= 15 is 0 Å². The van der Waals surface area contributed by atoms with Crippen LogP contribution in [0.3, 0.4) is 0 Å². The van der Waals surface area contributed by atoms with E-state index in [-0.39, 0.29) is 24.5 Å². The van der Waals surface area contributed by atoms with Gasteiger partial charge >= 0.3 is 24.1 Å². The number of carboxylic acid groups (broad SMARTS) is 1. The van der Waals surface area contributed by atoms with Crippen LogP contribution in [0.25, 0.3) is 0 Å². The number of ether oxygens (including phenoxy) is 3. The molecule has 0 radical (unpaired) electrons. The number of carboxylic acids is 1. The maximum absolute atomic E-state index is 11.8. The van der Waals surface area contributed by atoms with Crippen LogP contribution in [0.1, 0.15) is 67.2 Å². The first-order valence-electron chi connectivity index (χ1n) is 11.4. The Bertz CT molecular complexity index is 696. The predicted molar refractivity (Wildman–Crippen MR) is 121 cm³/mol. The summed E-state index contributed by atoms with van der Waals surface area (Å²) in [4.78, 5) is 48.8. The first kappa shape index (κ1) is 28.5. The van der Waals surface area contributed by atoms with E-state index in [1.54, 1.807) is 25.7 Å². The molecule has 1 N–H and O–H groups in total. The first-order chi connectivity index (χ1) is 15.1. The van der Waals surface area contributed by atoms with Crippen molar-refractivity contribution in [2.24, 2.45) is 11.8 Å². The fraction of sp³-hybridized carbons (Fsp3) is 0.826. The molecule has 0 spiro atoms. The Morgan fingerprint density at radius 2 is 1.15 bits per heavy atom. The maximum Gasteiger partial charge on any atom is 0.410 e. The number of aliphatic carboxylic acids is 1. The van der Waals surface area contributed by atoms with Gasteiger partial charge < -0.3 is 29.1 Å². The molecule has 10 nitrogen and oxygen atoms in total. The number of carbonyl (C=O) groups excluding carboxylic acids is 3. The minimum atomic E-state index is -0.840. The van der Waals surface area contributed by atoms with E-state index in [9.17, 15) is 19.2 Å². The number of hydrogen-bond donors (Lipinski definition) is 1. The molecule has 33 heavy (non-hydrogen) atoms. The van der Waals surface area contributed by atoms with Crippen LogP contribution in [-0.4, -0.2) is 83.5 Å². The number of esters is 1. The Labute approximate surface area is 196 Å². The molecule has 0 aliphatic carbocycles. The first-order valence-corrected chi connectivity index (χ1v) is 11.4. The van der Waals surface area contributed by atoms with Gasteiger partial charge in [-0.3, -0.25) is 9.59 Å². The summed E-state index contributed by atoms with van der Waals surface area (Å²) < 4.78 is 15.2. The van der Waals surface area contributed by atoms with Crippen molar-refractivity contribution in [2.45, 2.75) is 78.4 Å². The molecular formula is C23H40N2O8. The molecule has 2 aliphatic rings. The number of likely N-dealkylation sites (tertiary alicyclic amines) is 2. The lowest BCUT2D eigenvalue weighted by Crippen LogP contribution is -2.44. The normalized spacial score (nSPS) is 21.3. The van der Waals surface area contributed by atoms with E-state index < -0.39 is 29.2 Å². The van der Waals surface area contributed by atoms with Crippen LogP contribution in [-0.2, 0) is 23.8 Å². The maximum atomic E-state index is 11.8. The van der Waals surface area contributed by atoms with E-state index in [2.05, 4.69) is 0 Å². The van der Waals surface area contributed by atoms with Crippen LogP contribution in [0.2, 0.25) is 0 Å². The Kier molecular flexibility index (Phi) is 10.4. The standard InChI is InChI=1S/C12H21NO4.C11H19NO4/c1-12(2,3)17-11(15)13-7-5-6-9(8-13)10(14)16-4;1-11(2,3)16-10(15)12-6-4-5-8(7-12)9(13)14/h9H,5-8H2,1-4H3;8H,4-7H2,1-3H3,(H,13,14). The van der Waals surface area contributed by atoms with Gasteiger partial charge in [-0.05, 0) is 67.2 Å². The minimum Gasteiger partial charge on any atom is -0.481 e. The summed E-state index contributed by atoms with van der Waals surface area (Å²) in [6.07, 6.45) is 2.15. The third-order valence-corrected chi connectivity index (χ3v) is 5.03. The summed E-state index contributed by atoms with van der Waals surface area (Å²) in [5, 5.41) is 8.89. The van der Waals surface area contributed by atoms with Gasteiger partial charge in [0.1, 0.15) is 11.2 Å². The van der Waals surface area contributed by atoms with Gasteiger partial charge in [0.25, 0.3) is 0 Å². The SMILES string of the molecule is CC(C)(C)OC(=O)N1CCCC(C(=O)O)C1.COC(=O)C1CCCN(C(=O)OC(C)(C)C)C1. The molecular weight excluding hydrogens is 432 g/mol. The van der Waals surface area contributed by atoms with Crippen LogP contribution >= 0.6 is 0 Å². The van der Waals surface area contributed by atoms with Crippen LogP contribution in [0.4, 0.5) is 9.59 Å². The van der Waals surface area contributed by atoms with Gasteiger partial charge in [0.15, 0.2) is 0 Å². The Morgan fingerprint density at radius 3 is 1.52 bits per heavy atom. The summed E-state index contributed by atoms with van der Waals surface area (Å²) in [5.41, 5.74) is -1.04. The van der Waals surface area contributed by atoms with Crippen molar-refractivity contribution in [3.8, 4) is 0 Å². The smallest absolute Gasteiger partial charge is 0.410 e. The van der Waals surface area contributed by atoms with E-state index in [0.717, 1.165) is 19.3 Å². The highest BCUT2D eigenvalue weighted by atomic mass is 16.6. The number of nitrogens with zero attached hydrogens (tertiary/aromatic N) is 2. The predicted octanol–water partition coefficient (Wildman–Crippen LogP) is 3.52. The van der Waals surface area contributed by atoms with E-state index in [4.69, 9.17) is 19.3 Å². The quantitative estimate of drug-likeness (QED) is 0.478. The molecule has 0 aromatic carbocycles. The molecule has 0 aromatic heterocycles. The second-order valence-corrected chi connectivity index (χ2v) is 10.4. The molecule has 10 heteroatoms. The van der Waals surface area contributed by atoms with Crippen molar-refractivity contribution in [3.05, 3.63) is 0 Å². The molecule has 2 amide bonds. The Hall–Kier alpha value is -2.52. The van der Waals surface area contributed by atoms with Gasteiger partial charge in [0.05, 0.1) is 18.9 Å². The summed E-state index contributed by atoms with van der Waals surface area (Å²) in [7, 11) is 1.37. The van der Waals surface area contributed by atoms with Crippen molar-refractivity contribution in [1.29, 1.82) is 0 Å². The zero-order chi connectivity index (χ0) is 25.4. The lowest BCUT2D eigenvalue weighted by atomic mass is 9.99. The fourth-order valence-electron chi connectivity index (χ4n) is 3.50. The van der Waals surface area contributed by atoms with Crippen LogP contribution in [0.15, 0.2) is 0 Å². The molecule has 2 rings (SSSR count). The van der Waals surface area contributed by atoms with E-state index in [0.29, 0.717) is 26.1 Å². The number of rotatable bonds is 2. The molecule has 0 saturated carbocycles. The van der Waals surface area contributed by atoms with E-state index in [1.807, 2.05) is 20.8 Å². The topological polar surface area (TPSA) is 123 Å². The molecule has 2 atom stereocenters. The van der Waals surface area contributed by atoms with Gasteiger partial charge in [-0.25, -0.2) is 9.59 Å². The molecule has 0 aromatic rings. The summed E-state index contributed by atoms with van der Waals surface area (Å²) >= 11 is 0. The molecule has 0 bridgehead atoms. The zero-order valence-corrected chi connectivity index (χ0v) is 21.0. The van der Waals surface area contributed by atoms with Crippen molar-refractivity contribution < 1.29 is 38.5 Å². The molecule has 2 heterocycles. The van der Waals surface area contributed by atoms with Crippen LogP contribution in [0, 0.1) is 11.8 Å². The van der Waals surface area contributed by atoms with Crippen molar-refractivity contribution in [2.75, 3.05) is 33.3 Å². The Balaban J connectivity index is 0.000000331. The summed E-state index contributed by atoms with van der Waals surface area (Å²) in [6, 6.07) is 0. The zero-order valence-electron chi connectivity index (χ0n) is 21.0. The third-order valence-electron chi connectivity index (χ3n) is 5.03. The second-order valence-electron chi connectivity index (χ2n) is 10.4. The summed E-state index contributed by atoms with van der Waals surface area (Å²) in [5.74, 6) is -1.77. The minimum absolute atomic E-state index is 0.221. The van der Waals surface area contributed by atoms with Gasteiger partial charge in [0, 0.05) is 26.2 Å². The number of piperidine rings is 2. The van der Waals surface area contributed by atoms with E-state index in [1.165, 1.54) is 12.0 Å². The Morgan fingerprint density at radius 1 is 0.758 bits per heavy atom. The lowest BCUT2D eigenvalue weighted by Gasteiger charge is -2.32. The number of methoxy groups -OCH3 is 1. The summed E-state index contributed by atoms with van der Waals surface area (Å²) in [6.45, 7) is 12.7. The van der Waals surface area contributed by atoms with Crippen molar-refractivity contribution in [3.63, 3.8) is 0 Å². The molecule has 2 fully saturated rings. The second kappa shape index (κ2) is 12.1. The van der Waals surface area contributed by atoms with Gasteiger partial charge in [-0.1, -0.05) is 0 Å². The highest BCUT2D eigenvalue weighted by Crippen LogP contribution is 2.21. The number of hydrogen-bond acceptors (Lipinski definition) is 7. The molecule has 2 unspecified atom stereocenters. The third kappa shape index (κ3) is 10.8. The van der Waals surface area contributed by atoms with Crippen LogP contribution < -0.4 is 0 Å². The molecule has 2 aliphatic heterocycles. The highest BCUT2D eigenvalue weighted by molar-refractivity contribution is 5.75. The molecule has 190 valence electrons. The van der Waals surface area contributed by atoms with Gasteiger partial charge in [-0.2, -0.15) is 0 Å². The average molecular weight is 473 g/mol. The number of carbonyl (C=O) groups is 4. The fourth-order valence-corrected chi connectivity index (χ4v) is 3.50. The molecule has 2 saturated heterocycles. The monoisotopic (exact) mass is 472 g/mol.